The van der Waals surface area contributed by atoms with E-state index >= 15 is 0 Å². The molecule has 2 heteroatoms. The van der Waals surface area contributed by atoms with Crippen molar-refractivity contribution in [3.63, 3.8) is 0 Å². The molecule has 0 heterocycles. The van der Waals surface area contributed by atoms with Gasteiger partial charge in [0.25, 0.3) is 0 Å². The number of halogens is 1. The molecule has 1 nitrogen and oxygen atoms in total. The first-order chi connectivity index (χ1) is 6.64. The maximum absolute atomic E-state index is 13.4. The first-order valence-electron chi connectivity index (χ1n) is 4.41. The maximum atomic E-state index is 13.4. The Morgan fingerprint density at radius 3 is 2.71 bits per heavy atom. The highest BCUT2D eigenvalue weighted by Crippen LogP contribution is 2.29. The van der Waals surface area contributed by atoms with Crippen molar-refractivity contribution in [3.8, 4) is 6.07 Å². The second-order valence-corrected chi connectivity index (χ2v) is 3.42. The van der Waals surface area contributed by atoms with Crippen LogP contribution in [0.5, 0.6) is 0 Å². The van der Waals surface area contributed by atoms with E-state index in [0.29, 0.717) is 12.0 Å². The van der Waals surface area contributed by atoms with E-state index in [1.165, 1.54) is 6.07 Å². The molecular weight excluding hydrogens is 177 g/mol. The van der Waals surface area contributed by atoms with E-state index in [4.69, 9.17) is 5.26 Å². The number of hydrogen-bond acceptors (Lipinski definition) is 1. The summed E-state index contributed by atoms with van der Waals surface area (Å²) in [6.07, 6.45) is 2.08. The Balaban J connectivity index is 3.20. The van der Waals surface area contributed by atoms with Crippen molar-refractivity contribution in [1.29, 1.82) is 5.26 Å². The van der Waals surface area contributed by atoms with Crippen molar-refractivity contribution in [2.75, 3.05) is 0 Å². The minimum atomic E-state index is -0.812. The molecular formula is C12H12FN. The van der Waals surface area contributed by atoms with Gasteiger partial charge in [-0.15, -0.1) is 6.58 Å². The Morgan fingerprint density at radius 1 is 1.57 bits per heavy atom. The molecule has 0 radical (unpaired) electrons. The minimum Gasteiger partial charge on any atom is -0.207 e. The van der Waals surface area contributed by atoms with Gasteiger partial charge in [0.15, 0.2) is 0 Å². The molecule has 0 amide bonds. The van der Waals surface area contributed by atoms with E-state index in [9.17, 15) is 4.39 Å². The van der Waals surface area contributed by atoms with Crippen LogP contribution >= 0.6 is 0 Å². The van der Waals surface area contributed by atoms with Crippen LogP contribution in [0.4, 0.5) is 4.39 Å². The molecule has 1 aromatic carbocycles. The molecule has 0 saturated heterocycles. The molecule has 1 aromatic rings. The first kappa shape index (κ1) is 10.5. The lowest BCUT2D eigenvalue weighted by molar-refractivity contribution is 0.541. The van der Waals surface area contributed by atoms with Gasteiger partial charge in [-0.3, -0.25) is 0 Å². The second-order valence-electron chi connectivity index (χ2n) is 3.42. The zero-order valence-electron chi connectivity index (χ0n) is 8.13. The average Bonchev–Trinajstić information content (AvgIpc) is 2.18. The molecule has 14 heavy (non-hydrogen) atoms. The van der Waals surface area contributed by atoms with Crippen LogP contribution in [0.1, 0.15) is 18.9 Å². The number of allylic oxidation sites excluding steroid dienone is 1. The fourth-order valence-electron chi connectivity index (χ4n) is 1.41. The van der Waals surface area contributed by atoms with Gasteiger partial charge in [-0.05, 0) is 19.4 Å². The third-order valence-electron chi connectivity index (χ3n) is 2.27. The second kappa shape index (κ2) is 4.06. The van der Waals surface area contributed by atoms with Gasteiger partial charge in [-0.1, -0.05) is 24.3 Å². The Morgan fingerprint density at radius 2 is 2.21 bits per heavy atom. The summed E-state index contributed by atoms with van der Waals surface area (Å²) >= 11 is 0. The SMILES string of the molecule is C=CCC(C)(C#N)c1ccccc1F. The van der Waals surface area contributed by atoms with Crippen LogP contribution in [-0.4, -0.2) is 0 Å². The number of benzene rings is 1. The van der Waals surface area contributed by atoms with Gasteiger partial charge in [0.1, 0.15) is 5.82 Å². The van der Waals surface area contributed by atoms with Crippen molar-refractivity contribution >= 4 is 0 Å². The number of nitriles is 1. The van der Waals surface area contributed by atoms with Crippen LogP contribution in [-0.2, 0) is 5.41 Å². The summed E-state index contributed by atoms with van der Waals surface area (Å²) in [5.74, 6) is -0.335. The molecule has 1 unspecified atom stereocenters. The van der Waals surface area contributed by atoms with Gasteiger partial charge < -0.3 is 0 Å². The molecule has 0 aliphatic carbocycles. The summed E-state index contributed by atoms with van der Waals surface area (Å²) in [5, 5.41) is 9.03. The highest BCUT2D eigenvalue weighted by atomic mass is 19.1. The molecule has 72 valence electrons. The van der Waals surface area contributed by atoms with Gasteiger partial charge >= 0.3 is 0 Å². The summed E-state index contributed by atoms with van der Waals surface area (Å²) in [6, 6.07) is 8.48. The van der Waals surface area contributed by atoms with Crippen molar-refractivity contribution in [1.82, 2.24) is 0 Å². The first-order valence-corrected chi connectivity index (χ1v) is 4.41. The zero-order chi connectivity index (χ0) is 10.6. The summed E-state index contributed by atoms with van der Waals surface area (Å²) in [5.41, 5.74) is -0.380. The van der Waals surface area contributed by atoms with Gasteiger partial charge in [0, 0.05) is 5.56 Å². The summed E-state index contributed by atoms with van der Waals surface area (Å²) in [6.45, 7) is 5.29. The molecule has 0 aliphatic heterocycles. The van der Waals surface area contributed by atoms with Crippen LogP contribution < -0.4 is 0 Å². The lowest BCUT2D eigenvalue weighted by Gasteiger charge is -2.20. The quantitative estimate of drug-likeness (QED) is 0.670. The molecule has 1 rings (SSSR count). The van der Waals surface area contributed by atoms with Gasteiger partial charge in [0.2, 0.25) is 0 Å². The predicted octanol–water partition coefficient (Wildman–Crippen LogP) is 3.18. The molecule has 0 aromatic heterocycles. The standard InChI is InChI=1S/C12H12FN/c1-3-8-12(2,9-14)10-6-4-5-7-11(10)13/h3-7H,1,8H2,2H3. The van der Waals surface area contributed by atoms with Gasteiger partial charge in [0.05, 0.1) is 11.5 Å². The maximum Gasteiger partial charge on any atom is 0.128 e. The van der Waals surface area contributed by atoms with E-state index in [1.807, 2.05) is 0 Å². The van der Waals surface area contributed by atoms with Gasteiger partial charge in [-0.25, -0.2) is 4.39 Å². The molecule has 1 atom stereocenters. The van der Waals surface area contributed by atoms with E-state index in [1.54, 1.807) is 31.2 Å². The van der Waals surface area contributed by atoms with E-state index in [2.05, 4.69) is 12.6 Å². The predicted molar refractivity (Wildman–Crippen MR) is 54.2 cm³/mol. The van der Waals surface area contributed by atoms with Crippen LogP contribution in [0.3, 0.4) is 0 Å². The largest absolute Gasteiger partial charge is 0.207 e. The van der Waals surface area contributed by atoms with Crippen LogP contribution in [0.25, 0.3) is 0 Å². The molecule has 0 aliphatic rings. The van der Waals surface area contributed by atoms with Crippen molar-refractivity contribution in [3.05, 3.63) is 48.3 Å². The number of hydrogen-bond donors (Lipinski definition) is 0. The average molecular weight is 189 g/mol. The Hall–Kier alpha value is -1.62. The van der Waals surface area contributed by atoms with E-state index in [-0.39, 0.29) is 5.82 Å². The third-order valence-corrected chi connectivity index (χ3v) is 2.27. The van der Waals surface area contributed by atoms with Gasteiger partial charge in [-0.2, -0.15) is 5.26 Å². The van der Waals surface area contributed by atoms with Crippen molar-refractivity contribution in [2.45, 2.75) is 18.8 Å². The molecule has 0 N–H and O–H groups in total. The molecule has 0 spiro atoms. The summed E-state index contributed by atoms with van der Waals surface area (Å²) in [7, 11) is 0. The zero-order valence-corrected chi connectivity index (χ0v) is 8.13. The summed E-state index contributed by atoms with van der Waals surface area (Å²) in [4.78, 5) is 0. The summed E-state index contributed by atoms with van der Waals surface area (Å²) < 4.78 is 13.4. The number of nitrogens with zero attached hydrogens (tertiary/aromatic N) is 1. The topological polar surface area (TPSA) is 23.8 Å². The van der Waals surface area contributed by atoms with Crippen LogP contribution in [0.15, 0.2) is 36.9 Å². The van der Waals surface area contributed by atoms with E-state index < -0.39 is 5.41 Å². The Labute approximate surface area is 83.5 Å². The highest BCUT2D eigenvalue weighted by molar-refractivity contribution is 5.33. The Kier molecular flexibility index (Phi) is 3.03. The fourth-order valence-corrected chi connectivity index (χ4v) is 1.41. The fraction of sp³-hybridized carbons (Fsp3) is 0.250. The van der Waals surface area contributed by atoms with E-state index in [0.717, 1.165) is 0 Å². The highest BCUT2D eigenvalue weighted by Gasteiger charge is 2.27. The van der Waals surface area contributed by atoms with Crippen LogP contribution in [0.2, 0.25) is 0 Å². The lowest BCUT2D eigenvalue weighted by Crippen LogP contribution is -2.20. The smallest absolute Gasteiger partial charge is 0.128 e. The number of rotatable bonds is 3. The van der Waals surface area contributed by atoms with Crippen molar-refractivity contribution < 1.29 is 4.39 Å². The molecule has 0 fully saturated rings. The molecule has 0 saturated carbocycles. The normalized spacial score (nSPS) is 14.1. The van der Waals surface area contributed by atoms with Crippen LogP contribution in [0, 0.1) is 17.1 Å². The third kappa shape index (κ3) is 1.82. The van der Waals surface area contributed by atoms with Crippen molar-refractivity contribution in [2.24, 2.45) is 0 Å². The minimum absolute atomic E-state index is 0.335. The monoisotopic (exact) mass is 189 g/mol. The Bertz CT molecular complexity index is 378. The lowest BCUT2D eigenvalue weighted by atomic mass is 9.81. The molecule has 0 bridgehead atoms.